The van der Waals surface area contributed by atoms with E-state index in [1.54, 1.807) is 13.8 Å². The first-order chi connectivity index (χ1) is 10.4. The summed E-state index contributed by atoms with van der Waals surface area (Å²) < 4.78 is 5.46. The molecule has 1 aliphatic rings. The number of carboxylic acids is 1. The van der Waals surface area contributed by atoms with E-state index < -0.39 is 34.8 Å². The second kappa shape index (κ2) is 5.96. The Hall–Kier alpha value is -2.71. The van der Waals surface area contributed by atoms with Gasteiger partial charge in [-0.15, -0.1) is 0 Å². The lowest BCUT2D eigenvalue weighted by Gasteiger charge is -2.33. The highest BCUT2D eigenvalue weighted by atomic mass is 16.6. The van der Waals surface area contributed by atoms with E-state index in [0.717, 1.165) is 11.0 Å². The largest absolute Gasteiger partial charge is 0.480 e. The van der Waals surface area contributed by atoms with Crippen molar-refractivity contribution < 1.29 is 24.4 Å². The predicted molar refractivity (Wildman–Crippen MR) is 74.8 cm³/mol. The first-order valence-corrected chi connectivity index (χ1v) is 6.78. The van der Waals surface area contributed by atoms with Crippen LogP contribution in [0.25, 0.3) is 0 Å². The van der Waals surface area contributed by atoms with Gasteiger partial charge in [-0.25, -0.2) is 4.79 Å². The van der Waals surface area contributed by atoms with E-state index >= 15 is 0 Å². The third-order valence-corrected chi connectivity index (χ3v) is 3.38. The number of fused-ring (bicyclic) bond motifs is 1. The highest BCUT2D eigenvalue weighted by Gasteiger charge is 2.43. The molecule has 118 valence electrons. The summed E-state index contributed by atoms with van der Waals surface area (Å²) in [6.45, 7) is 3.34. The van der Waals surface area contributed by atoms with Crippen LogP contribution >= 0.6 is 0 Å². The first kappa shape index (κ1) is 15.7. The molecule has 0 saturated heterocycles. The number of carbonyl (C=O) groups excluding carboxylic acids is 1. The second-order valence-electron chi connectivity index (χ2n) is 4.73. The van der Waals surface area contributed by atoms with Crippen LogP contribution in [0.2, 0.25) is 0 Å². The Morgan fingerprint density at radius 3 is 2.73 bits per heavy atom. The van der Waals surface area contributed by atoms with E-state index in [1.807, 2.05) is 0 Å². The number of nitro groups is 1. The van der Waals surface area contributed by atoms with Gasteiger partial charge in [0.05, 0.1) is 0 Å². The van der Waals surface area contributed by atoms with Gasteiger partial charge in [-0.2, -0.15) is 0 Å². The Balaban J connectivity index is 2.59. The van der Waals surface area contributed by atoms with Crippen molar-refractivity contribution in [1.82, 2.24) is 4.98 Å². The molecule has 1 aromatic rings. The van der Waals surface area contributed by atoms with Crippen LogP contribution in [0.15, 0.2) is 12.1 Å². The Labute approximate surface area is 125 Å². The van der Waals surface area contributed by atoms with E-state index in [2.05, 4.69) is 4.98 Å². The van der Waals surface area contributed by atoms with Gasteiger partial charge in [0.25, 0.3) is 11.7 Å². The fourth-order valence-electron chi connectivity index (χ4n) is 2.28. The lowest BCUT2D eigenvalue weighted by atomic mass is 10.1. The molecule has 0 saturated carbocycles. The van der Waals surface area contributed by atoms with Gasteiger partial charge in [-0.05, 0) is 28.8 Å². The maximum absolute atomic E-state index is 12.4. The molecule has 2 unspecified atom stereocenters. The van der Waals surface area contributed by atoms with Gasteiger partial charge in [0.1, 0.15) is 6.04 Å². The van der Waals surface area contributed by atoms with Crippen molar-refractivity contribution in [2.75, 3.05) is 4.90 Å². The number of aliphatic carboxylic acids is 1. The molecule has 0 aliphatic carbocycles. The summed E-state index contributed by atoms with van der Waals surface area (Å²) in [5.41, 5.74) is 0. The van der Waals surface area contributed by atoms with E-state index in [4.69, 9.17) is 4.74 Å². The molecule has 1 aliphatic heterocycles. The molecule has 2 rings (SSSR count). The monoisotopic (exact) mass is 309 g/mol. The number of anilines is 1. The number of carboxylic acid groups (broad SMARTS) is 1. The lowest BCUT2D eigenvalue weighted by molar-refractivity contribution is -0.389. The third-order valence-electron chi connectivity index (χ3n) is 3.38. The smallest absolute Gasteiger partial charge is 0.366 e. The molecule has 0 spiro atoms. The van der Waals surface area contributed by atoms with Crippen molar-refractivity contribution in [2.45, 2.75) is 38.8 Å². The van der Waals surface area contributed by atoms with Crippen LogP contribution in [-0.4, -0.2) is 39.0 Å². The topological polar surface area (TPSA) is 123 Å². The molecule has 0 aromatic carbocycles. The summed E-state index contributed by atoms with van der Waals surface area (Å²) in [6.07, 6.45) is -0.340. The minimum atomic E-state index is -1.20. The number of nitrogens with zero attached hydrogens (tertiary/aromatic N) is 3. The Kier molecular flexibility index (Phi) is 4.25. The van der Waals surface area contributed by atoms with Crippen LogP contribution in [0.3, 0.4) is 0 Å². The van der Waals surface area contributed by atoms with E-state index in [0.29, 0.717) is 6.42 Å². The molecule has 0 fully saturated rings. The van der Waals surface area contributed by atoms with Crippen molar-refractivity contribution in [3.05, 3.63) is 22.2 Å². The number of pyridine rings is 1. The molecule has 0 bridgehead atoms. The van der Waals surface area contributed by atoms with Crippen molar-refractivity contribution in [3.63, 3.8) is 0 Å². The Morgan fingerprint density at radius 1 is 1.55 bits per heavy atom. The predicted octanol–water partition coefficient (Wildman–Crippen LogP) is 1.36. The van der Waals surface area contributed by atoms with Crippen LogP contribution in [-0.2, 0) is 9.59 Å². The maximum atomic E-state index is 12.4. The zero-order chi connectivity index (χ0) is 16.4. The average molecular weight is 309 g/mol. The Morgan fingerprint density at radius 2 is 2.23 bits per heavy atom. The van der Waals surface area contributed by atoms with Gasteiger partial charge in [-0.1, -0.05) is 13.8 Å². The van der Waals surface area contributed by atoms with Crippen LogP contribution < -0.4 is 9.64 Å². The molecule has 22 heavy (non-hydrogen) atoms. The molecule has 2 heterocycles. The van der Waals surface area contributed by atoms with Crippen LogP contribution in [0.1, 0.15) is 26.7 Å². The summed E-state index contributed by atoms with van der Waals surface area (Å²) in [6, 6.07) is 1.33. The molecule has 1 N–H and O–H groups in total. The fourth-order valence-corrected chi connectivity index (χ4v) is 2.28. The number of amides is 1. The summed E-state index contributed by atoms with van der Waals surface area (Å²) in [4.78, 5) is 38.7. The molecule has 2 atom stereocenters. The van der Waals surface area contributed by atoms with Crippen molar-refractivity contribution >= 4 is 23.5 Å². The summed E-state index contributed by atoms with van der Waals surface area (Å²) >= 11 is 0. The van der Waals surface area contributed by atoms with Gasteiger partial charge >= 0.3 is 11.8 Å². The number of carbonyl (C=O) groups is 2. The Bertz CT molecular complexity index is 632. The number of ether oxygens (including phenoxy) is 1. The standard InChI is InChI=1S/C13H15N3O6/c1-3-7(13(18)19)15-11-9(22-8(4-2)12(15)17)5-6-10(14-11)16(20)21/h5-8H,3-4H2,1-2H3,(H,18,19). The number of rotatable bonds is 5. The van der Waals surface area contributed by atoms with Gasteiger partial charge < -0.3 is 20.0 Å². The van der Waals surface area contributed by atoms with Crippen molar-refractivity contribution in [3.8, 4) is 5.75 Å². The molecular formula is C13H15N3O6. The molecule has 0 radical (unpaired) electrons. The number of hydrogen-bond acceptors (Lipinski definition) is 6. The minimum absolute atomic E-state index is 0.127. The first-order valence-electron chi connectivity index (χ1n) is 6.78. The van der Waals surface area contributed by atoms with Crippen molar-refractivity contribution in [1.29, 1.82) is 0 Å². The maximum Gasteiger partial charge on any atom is 0.366 e. The SMILES string of the molecule is CCC1Oc2ccc([N+](=O)[O-])nc2N(C(CC)C(=O)O)C1=O. The van der Waals surface area contributed by atoms with Crippen molar-refractivity contribution in [2.24, 2.45) is 0 Å². The lowest BCUT2D eigenvalue weighted by Crippen LogP contribution is -2.53. The van der Waals surface area contributed by atoms with Crippen LogP contribution in [0.4, 0.5) is 11.6 Å². The van der Waals surface area contributed by atoms with Crippen LogP contribution in [0.5, 0.6) is 5.75 Å². The van der Waals surface area contributed by atoms with E-state index in [1.165, 1.54) is 6.07 Å². The van der Waals surface area contributed by atoms with Crippen LogP contribution in [0, 0.1) is 10.1 Å². The van der Waals surface area contributed by atoms with E-state index in [9.17, 15) is 24.8 Å². The zero-order valence-corrected chi connectivity index (χ0v) is 12.1. The molecule has 1 amide bonds. The molecule has 9 nitrogen and oxygen atoms in total. The summed E-state index contributed by atoms with van der Waals surface area (Å²) in [7, 11) is 0. The quantitative estimate of drug-likeness (QED) is 0.643. The normalized spacial score (nSPS) is 18.4. The summed E-state index contributed by atoms with van der Waals surface area (Å²) in [5, 5.41) is 20.2. The molecule has 9 heteroatoms. The highest BCUT2D eigenvalue weighted by Crippen LogP contribution is 2.36. The van der Waals surface area contributed by atoms with Gasteiger partial charge in [0, 0.05) is 6.07 Å². The zero-order valence-electron chi connectivity index (χ0n) is 12.1. The van der Waals surface area contributed by atoms with Gasteiger partial charge in [0.2, 0.25) is 0 Å². The number of hydrogen-bond donors (Lipinski definition) is 1. The average Bonchev–Trinajstić information content (AvgIpc) is 2.48. The minimum Gasteiger partial charge on any atom is -0.480 e. The van der Waals surface area contributed by atoms with Gasteiger partial charge in [0.15, 0.2) is 11.9 Å². The fraction of sp³-hybridized carbons (Fsp3) is 0.462. The third kappa shape index (κ3) is 2.57. The summed E-state index contributed by atoms with van der Waals surface area (Å²) in [5.74, 6) is -2.20. The highest BCUT2D eigenvalue weighted by molar-refractivity contribution is 6.03. The molecule has 1 aromatic heterocycles. The second-order valence-corrected chi connectivity index (χ2v) is 4.73. The van der Waals surface area contributed by atoms with Gasteiger partial charge in [-0.3, -0.25) is 9.69 Å². The number of aromatic nitrogens is 1. The molecular weight excluding hydrogens is 294 g/mol. The van der Waals surface area contributed by atoms with E-state index in [-0.39, 0.29) is 18.0 Å².